The highest BCUT2D eigenvalue weighted by Crippen LogP contribution is 2.36. The molecule has 0 fully saturated rings. The zero-order chi connectivity index (χ0) is 27.5. The zero-order valence-electron chi connectivity index (χ0n) is 20.5. The molecule has 0 aliphatic carbocycles. The third-order valence-electron chi connectivity index (χ3n) is 5.90. The number of anilines is 3. The number of pyridine rings is 1. The summed E-state index contributed by atoms with van der Waals surface area (Å²) in [7, 11) is -7.70. The molecule has 0 saturated carbocycles. The number of carbonyl (C=O) groups is 1. The van der Waals surface area contributed by atoms with Gasteiger partial charge in [0.05, 0.1) is 34.8 Å². The Morgan fingerprint density at radius 3 is 2.31 bits per heavy atom. The molecule has 200 valence electrons. The van der Waals surface area contributed by atoms with Crippen LogP contribution in [0.1, 0.15) is 5.56 Å². The van der Waals surface area contributed by atoms with Crippen LogP contribution >= 0.6 is 0 Å². The number of amides is 1. The fourth-order valence-electron chi connectivity index (χ4n) is 4.04. The zero-order valence-corrected chi connectivity index (χ0v) is 22.1. The summed E-state index contributed by atoms with van der Waals surface area (Å²) >= 11 is 0. The summed E-state index contributed by atoms with van der Waals surface area (Å²) in [6, 6.07) is 24.2. The largest absolute Gasteiger partial charge is 0.476 e. The van der Waals surface area contributed by atoms with E-state index in [0.29, 0.717) is 22.6 Å². The maximum absolute atomic E-state index is 13.4. The quantitative estimate of drug-likeness (QED) is 0.334. The smallest absolute Gasteiger partial charge is 0.267 e. The van der Waals surface area contributed by atoms with E-state index < -0.39 is 32.1 Å². The van der Waals surface area contributed by atoms with Gasteiger partial charge in [-0.15, -0.1) is 0 Å². The molecule has 0 unspecified atom stereocenters. The predicted molar refractivity (Wildman–Crippen MR) is 147 cm³/mol. The normalized spacial score (nSPS) is 15.1. The number of nitrogens with one attached hydrogen (secondary N) is 2. The number of para-hydroxylation sites is 2. The van der Waals surface area contributed by atoms with Crippen molar-refractivity contribution >= 4 is 43.0 Å². The van der Waals surface area contributed by atoms with Crippen LogP contribution < -0.4 is 19.1 Å². The van der Waals surface area contributed by atoms with Crippen molar-refractivity contribution in [3.05, 3.63) is 109 Å². The minimum absolute atomic E-state index is 0.00891. The first-order valence-corrected chi connectivity index (χ1v) is 14.9. The van der Waals surface area contributed by atoms with Crippen molar-refractivity contribution in [2.45, 2.75) is 16.8 Å². The minimum atomic E-state index is -3.86. The Labute approximate surface area is 226 Å². The fourth-order valence-corrected chi connectivity index (χ4v) is 6.67. The molecule has 39 heavy (non-hydrogen) atoms. The molecule has 1 atom stereocenters. The van der Waals surface area contributed by atoms with Crippen molar-refractivity contribution < 1.29 is 26.4 Å². The molecule has 1 amide bonds. The lowest BCUT2D eigenvalue weighted by Gasteiger charge is -2.34. The molecule has 0 saturated heterocycles. The van der Waals surface area contributed by atoms with E-state index >= 15 is 0 Å². The second-order valence-corrected chi connectivity index (χ2v) is 12.3. The SMILES string of the molecule is O=C(Nc1ccc(S(=O)(=O)Nc2cccnc2)cc1)[C@@H]1CN(S(=O)(=O)Cc2ccccc2)c2ccccc2O1. The van der Waals surface area contributed by atoms with Gasteiger partial charge in [0.2, 0.25) is 10.0 Å². The van der Waals surface area contributed by atoms with Gasteiger partial charge in [-0.25, -0.2) is 16.8 Å². The second-order valence-electron chi connectivity index (χ2n) is 8.71. The number of benzene rings is 3. The number of sulfonamides is 2. The Bertz CT molecular complexity index is 1680. The van der Waals surface area contributed by atoms with E-state index in [0.717, 1.165) is 0 Å². The van der Waals surface area contributed by atoms with Gasteiger partial charge in [-0.2, -0.15) is 0 Å². The first kappa shape index (κ1) is 26.2. The van der Waals surface area contributed by atoms with Crippen LogP contribution in [0.25, 0.3) is 0 Å². The maximum Gasteiger partial charge on any atom is 0.267 e. The topological polar surface area (TPSA) is 135 Å². The maximum atomic E-state index is 13.4. The fraction of sp³-hybridized carbons (Fsp3) is 0.111. The van der Waals surface area contributed by atoms with Gasteiger partial charge in [0, 0.05) is 11.9 Å². The van der Waals surface area contributed by atoms with Crippen molar-refractivity contribution in [3.63, 3.8) is 0 Å². The summed E-state index contributed by atoms with van der Waals surface area (Å²) in [6.07, 6.45) is 1.78. The Balaban J connectivity index is 1.32. The molecule has 0 spiro atoms. The number of ether oxygens (including phenoxy) is 1. The van der Waals surface area contributed by atoms with Gasteiger partial charge in [0.25, 0.3) is 15.9 Å². The van der Waals surface area contributed by atoms with Crippen LogP contribution in [0.4, 0.5) is 17.1 Å². The summed E-state index contributed by atoms with van der Waals surface area (Å²) in [4.78, 5) is 17.0. The molecule has 5 rings (SSSR count). The lowest BCUT2D eigenvalue weighted by atomic mass is 10.2. The second kappa shape index (κ2) is 10.8. The van der Waals surface area contributed by atoms with Gasteiger partial charge in [0.1, 0.15) is 5.75 Å². The first-order valence-electron chi connectivity index (χ1n) is 11.9. The predicted octanol–water partition coefficient (Wildman–Crippen LogP) is 3.62. The molecular weight excluding hydrogens is 540 g/mol. The van der Waals surface area contributed by atoms with Gasteiger partial charge in [-0.1, -0.05) is 42.5 Å². The molecule has 2 heterocycles. The molecule has 0 bridgehead atoms. The van der Waals surface area contributed by atoms with Gasteiger partial charge in [-0.05, 0) is 54.1 Å². The van der Waals surface area contributed by atoms with Crippen LogP contribution in [0, 0.1) is 0 Å². The Hall–Kier alpha value is -4.42. The number of aromatic nitrogens is 1. The van der Waals surface area contributed by atoms with Crippen molar-refractivity contribution in [2.75, 3.05) is 20.9 Å². The molecule has 2 N–H and O–H groups in total. The van der Waals surface area contributed by atoms with Crippen molar-refractivity contribution in [3.8, 4) is 5.75 Å². The number of nitrogens with zero attached hydrogens (tertiary/aromatic N) is 2. The van der Waals surface area contributed by atoms with Crippen molar-refractivity contribution in [1.29, 1.82) is 0 Å². The van der Waals surface area contributed by atoms with Crippen LogP contribution in [0.15, 0.2) is 108 Å². The van der Waals surface area contributed by atoms with E-state index in [-0.39, 0.29) is 22.9 Å². The Morgan fingerprint density at radius 2 is 1.59 bits per heavy atom. The van der Waals surface area contributed by atoms with E-state index in [1.165, 1.54) is 41.0 Å². The number of rotatable bonds is 8. The van der Waals surface area contributed by atoms with E-state index in [9.17, 15) is 21.6 Å². The molecule has 10 nitrogen and oxygen atoms in total. The van der Waals surface area contributed by atoms with E-state index in [2.05, 4.69) is 15.0 Å². The molecule has 1 aliphatic rings. The minimum Gasteiger partial charge on any atom is -0.476 e. The molecular formula is C27H24N4O6S2. The number of hydrogen-bond acceptors (Lipinski definition) is 7. The third kappa shape index (κ3) is 6.02. The van der Waals surface area contributed by atoms with Gasteiger partial charge >= 0.3 is 0 Å². The summed E-state index contributed by atoms with van der Waals surface area (Å²) in [6.45, 7) is -0.223. The Kier molecular flexibility index (Phi) is 7.22. The summed E-state index contributed by atoms with van der Waals surface area (Å²) < 4.78 is 61.5. The highest BCUT2D eigenvalue weighted by molar-refractivity contribution is 7.92. The van der Waals surface area contributed by atoms with Crippen LogP contribution in [0.5, 0.6) is 5.75 Å². The molecule has 1 aromatic heterocycles. The molecule has 0 radical (unpaired) electrons. The van der Waals surface area contributed by atoms with Crippen molar-refractivity contribution in [1.82, 2.24) is 4.98 Å². The molecule has 1 aliphatic heterocycles. The standard InChI is InChI=1S/C27H24N4O6S2/c32-27(29-21-12-14-23(15-13-21)39(35,36)30-22-9-6-16-28-17-22)26-18-31(24-10-4-5-11-25(24)37-26)38(33,34)19-20-7-2-1-3-8-20/h1-17,26,30H,18-19H2,(H,29,32)/t26-/m0/s1. The van der Waals surface area contributed by atoms with E-state index in [1.54, 1.807) is 66.7 Å². The highest BCUT2D eigenvalue weighted by Gasteiger charge is 2.36. The summed E-state index contributed by atoms with van der Waals surface area (Å²) in [5, 5.41) is 2.68. The number of hydrogen-bond donors (Lipinski definition) is 2. The number of carbonyl (C=O) groups excluding carboxylic acids is 1. The van der Waals surface area contributed by atoms with Gasteiger partial charge < -0.3 is 10.1 Å². The summed E-state index contributed by atoms with van der Waals surface area (Å²) in [5.74, 6) is -0.545. The Morgan fingerprint density at radius 1 is 0.872 bits per heavy atom. The van der Waals surface area contributed by atoms with E-state index in [1.807, 2.05) is 0 Å². The van der Waals surface area contributed by atoms with Crippen molar-refractivity contribution in [2.24, 2.45) is 0 Å². The first-order chi connectivity index (χ1) is 18.7. The lowest BCUT2D eigenvalue weighted by molar-refractivity contribution is -0.122. The van der Waals surface area contributed by atoms with Crippen LogP contribution in [-0.4, -0.2) is 40.4 Å². The number of fused-ring (bicyclic) bond motifs is 1. The monoisotopic (exact) mass is 564 g/mol. The van der Waals surface area contributed by atoms with Crippen LogP contribution in [0.3, 0.4) is 0 Å². The van der Waals surface area contributed by atoms with Crippen LogP contribution in [-0.2, 0) is 30.6 Å². The van der Waals surface area contributed by atoms with Crippen LogP contribution in [0.2, 0.25) is 0 Å². The molecule has 12 heteroatoms. The van der Waals surface area contributed by atoms with E-state index in [4.69, 9.17) is 4.74 Å². The lowest BCUT2D eigenvalue weighted by Crippen LogP contribution is -2.49. The average Bonchev–Trinajstić information content (AvgIpc) is 2.93. The molecule has 4 aromatic rings. The average molecular weight is 565 g/mol. The molecule has 3 aromatic carbocycles. The highest BCUT2D eigenvalue weighted by atomic mass is 32.2. The van der Waals surface area contributed by atoms with Gasteiger partial charge in [0.15, 0.2) is 6.10 Å². The summed E-state index contributed by atoms with van der Waals surface area (Å²) in [5.41, 5.74) is 1.61. The van der Waals surface area contributed by atoms with Gasteiger partial charge in [-0.3, -0.25) is 18.8 Å². The third-order valence-corrected chi connectivity index (χ3v) is 9.01.